The van der Waals surface area contributed by atoms with Crippen LogP contribution in [-0.2, 0) is 31.4 Å². The summed E-state index contributed by atoms with van der Waals surface area (Å²) in [6.45, 7) is 0.226. The fourth-order valence-corrected chi connectivity index (χ4v) is 6.11. The number of nitrogens with one attached hydrogen (secondary N) is 2. The maximum absolute atomic E-state index is 13.5. The second-order valence-electron chi connectivity index (χ2n) is 11.7. The topological polar surface area (TPSA) is 152 Å². The van der Waals surface area contributed by atoms with Gasteiger partial charge in [-0.25, -0.2) is 24.1 Å². The van der Waals surface area contributed by atoms with Crippen molar-refractivity contribution in [2.75, 3.05) is 25.1 Å². The van der Waals surface area contributed by atoms with E-state index < -0.39 is 18.8 Å². The quantitative estimate of drug-likeness (QED) is 0.218. The third-order valence-corrected chi connectivity index (χ3v) is 8.46. The summed E-state index contributed by atoms with van der Waals surface area (Å²) in [5, 5.41) is 15.2. The molecule has 1 fully saturated rings. The smallest absolute Gasteiger partial charge is 0.405 e. The molecule has 0 radical (unpaired) electrons. The van der Waals surface area contributed by atoms with E-state index in [1.54, 1.807) is 29.4 Å². The number of carboxylic acid groups (broad SMARTS) is 1. The number of aromatic nitrogens is 6. The van der Waals surface area contributed by atoms with Gasteiger partial charge in [0, 0.05) is 50.9 Å². The molecule has 45 heavy (non-hydrogen) atoms. The Hall–Kier alpha value is -5.27. The monoisotopic (exact) mass is 613 g/mol. The van der Waals surface area contributed by atoms with Crippen molar-refractivity contribution in [1.29, 1.82) is 0 Å². The van der Waals surface area contributed by atoms with Gasteiger partial charge in [-0.2, -0.15) is 0 Å². The van der Waals surface area contributed by atoms with Gasteiger partial charge in [-0.3, -0.25) is 9.59 Å². The van der Waals surface area contributed by atoms with Crippen LogP contribution in [0.2, 0.25) is 0 Å². The van der Waals surface area contributed by atoms with Crippen LogP contribution in [0.3, 0.4) is 0 Å². The SMILES string of the molecule is Cn1c(-c2cc3cccc(NC(=O)Cn4ccnc4)c3n2CC2CC2)nc2cc3c(nc21)CCN(C[C@@H](CF)NC(=O)O)C3=O. The van der Waals surface area contributed by atoms with Crippen molar-refractivity contribution in [2.45, 2.75) is 38.4 Å². The maximum Gasteiger partial charge on any atom is 0.405 e. The van der Waals surface area contributed by atoms with E-state index in [-0.39, 0.29) is 24.9 Å². The largest absolute Gasteiger partial charge is 0.465 e. The van der Waals surface area contributed by atoms with Crippen LogP contribution in [0.5, 0.6) is 0 Å². The number of halogens is 1. The number of para-hydroxylation sites is 1. The molecule has 0 bridgehead atoms. The normalized spacial score (nSPS) is 15.4. The molecular weight excluding hydrogens is 581 g/mol. The van der Waals surface area contributed by atoms with Crippen LogP contribution < -0.4 is 10.6 Å². The van der Waals surface area contributed by atoms with Gasteiger partial charge < -0.3 is 34.3 Å². The summed E-state index contributed by atoms with van der Waals surface area (Å²) < 4.78 is 19.3. The third kappa shape index (κ3) is 5.47. The minimum atomic E-state index is -1.34. The van der Waals surface area contributed by atoms with Gasteiger partial charge in [-0.15, -0.1) is 0 Å². The van der Waals surface area contributed by atoms with Crippen molar-refractivity contribution >= 4 is 45.7 Å². The Balaban J connectivity index is 1.25. The molecular formula is C31H32FN9O4. The average Bonchev–Trinajstić information content (AvgIpc) is 3.39. The van der Waals surface area contributed by atoms with Crippen molar-refractivity contribution in [3.05, 3.63) is 60.3 Å². The average molecular weight is 614 g/mol. The van der Waals surface area contributed by atoms with Gasteiger partial charge in [0.05, 0.1) is 40.5 Å². The Morgan fingerprint density at radius 3 is 2.78 bits per heavy atom. The number of aryl methyl sites for hydroxylation is 1. The number of nitrogens with zero attached hydrogens (tertiary/aromatic N) is 7. The second-order valence-corrected chi connectivity index (χ2v) is 11.7. The van der Waals surface area contributed by atoms with Crippen LogP contribution in [0.25, 0.3) is 33.6 Å². The minimum absolute atomic E-state index is 0.0744. The summed E-state index contributed by atoms with van der Waals surface area (Å²) in [6, 6.07) is 8.62. The van der Waals surface area contributed by atoms with Gasteiger partial charge in [0.25, 0.3) is 5.91 Å². The van der Waals surface area contributed by atoms with E-state index in [1.165, 1.54) is 4.90 Å². The third-order valence-electron chi connectivity index (χ3n) is 8.46. The molecule has 7 rings (SSSR count). The molecule has 4 aromatic heterocycles. The molecule has 5 heterocycles. The summed E-state index contributed by atoms with van der Waals surface area (Å²) >= 11 is 0. The van der Waals surface area contributed by atoms with Gasteiger partial charge in [-0.05, 0) is 37.0 Å². The summed E-state index contributed by atoms with van der Waals surface area (Å²) in [6.07, 6.45) is 6.37. The van der Waals surface area contributed by atoms with Crippen LogP contribution in [0.15, 0.2) is 49.1 Å². The number of hydrogen-bond donors (Lipinski definition) is 3. The van der Waals surface area contributed by atoms with Crippen molar-refractivity contribution < 1.29 is 23.9 Å². The zero-order valence-corrected chi connectivity index (χ0v) is 24.6. The molecule has 0 saturated heterocycles. The number of pyridine rings is 1. The zero-order chi connectivity index (χ0) is 31.2. The van der Waals surface area contributed by atoms with Gasteiger partial charge in [0.1, 0.15) is 18.7 Å². The van der Waals surface area contributed by atoms with E-state index in [1.807, 2.05) is 29.8 Å². The molecule has 1 aliphatic carbocycles. The molecule has 13 nitrogen and oxygen atoms in total. The number of alkyl halides is 1. The van der Waals surface area contributed by atoms with Crippen LogP contribution in [-0.4, -0.2) is 82.4 Å². The van der Waals surface area contributed by atoms with Crippen LogP contribution in [0.4, 0.5) is 14.9 Å². The molecule has 1 aromatic carbocycles. The molecule has 5 aromatic rings. The summed E-state index contributed by atoms with van der Waals surface area (Å²) in [4.78, 5) is 52.6. The van der Waals surface area contributed by atoms with Crippen LogP contribution in [0.1, 0.15) is 28.9 Å². The van der Waals surface area contributed by atoms with E-state index in [9.17, 15) is 18.8 Å². The number of rotatable bonds is 10. The molecule has 1 atom stereocenters. The molecule has 1 aliphatic heterocycles. The Kier molecular flexibility index (Phi) is 7.18. The standard InChI is InChI=1S/C31H32FN9O4/c1-38-28-24(12-21-22(36-28)7-9-40(30(21)43)15-20(13-32)34-31(44)45)37-29(38)25-11-19-3-2-4-23(27(19)41(25)14-18-5-6-18)35-26(42)16-39-10-8-33-17-39/h2-4,8,10-12,17-18,20,34H,5-7,9,13-16H2,1H3,(H,35,42)(H,44,45)/t20-/m1/s1. The van der Waals surface area contributed by atoms with Crippen LogP contribution in [0, 0.1) is 5.92 Å². The van der Waals surface area contributed by atoms with Gasteiger partial charge in [0.2, 0.25) is 5.91 Å². The lowest BCUT2D eigenvalue weighted by molar-refractivity contribution is -0.116. The molecule has 2 aliphatic rings. The predicted octanol–water partition coefficient (Wildman–Crippen LogP) is 3.44. The first kappa shape index (κ1) is 28.5. The highest BCUT2D eigenvalue weighted by Gasteiger charge is 2.31. The predicted molar refractivity (Wildman–Crippen MR) is 164 cm³/mol. The fraction of sp³-hybridized carbons (Fsp3) is 0.355. The zero-order valence-electron chi connectivity index (χ0n) is 24.6. The van der Waals surface area contributed by atoms with E-state index in [0.717, 1.165) is 36.0 Å². The number of fused-ring (bicyclic) bond motifs is 3. The number of imidazole rings is 2. The van der Waals surface area contributed by atoms with E-state index in [4.69, 9.17) is 15.1 Å². The number of benzene rings is 1. The van der Waals surface area contributed by atoms with E-state index in [0.29, 0.717) is 52.8 Å². The highest BCUT2D eigenvalue weighted by molar-refractivity contribution is 6.03. The van der Waals surface area contributed by atoms with Gasteiger partial charge in [0.15, 0.2) is 11.5 Å². The van der Waals surface area contributed by atoms with Crippen molar-refractivity contribution in [1.82, 2.24) is 38.9 Å². The second kappa shape index (κ2) is 11.3. The first-order chi connectivity index (χ1) is 21.8. The molecule has 232 valence electrons. The lowest BCUT2D eigenvalue weighted by Gasteiger charge is -2.30. The Labute approximate surface area is 256 Å². The molecule has 0 unspecified atom stereocenters. The first-order valence-electron chi connectivity index (χ1n) is 14.9. The summed E-state index contributed by atoms with van der Waals surface area (Å²) in [5.74, 6) is 0.720. The maximum atomic E-state index is 13.5. The summed E-state index contributed by atoms with van der Waals surface area (Å²) in [5.41, 5.74) is 4.70. The van der Waals surface area contributed by atoms with Crippen LogP contribution >= 0.6 is 0 Å². The number of hydrogen-bond acceptors (Lipinski definition) is 6. The highest BCUT2D eigenvalue weighted by Crippen LogP contribution is 2.38. The van der Waals surface area contributed by atoms with Gasteiger partial charge in [-0.1, -0.05) is 12.1 Å². The molecule has 3 N–H and O–H groups in total. The Morgan fingerprint density at radius 1 is 1.20 bits per heavy atom. The molecule has 0 spiro atoms. The number of amides is 3. The molecule has 14 heteroatoms. The summed E-state index contributed by atoms with van der Waals surface area (Å²) in [7, 11) is 1.90. The Bertz CT molecular complexity index is 1940. The fourth-order valence-electron chi connectivity index (χ4n) is 6.11. The highest BCUT2D eigenvalue weighted by atomic mass is 19.1. The Morgan fingerprint density at radius 2 is 2.04 bits per heavy atom. The lowest BCUT2D eigenvalue weighted by atomic mass is 10.0. The lowest BCUT2D eigenvalue weighted by Crippen LogP contribution is -2.48. The molecule has 1 saturated carbocycles. The number of carbonyl (C=O) groups is 3. The number of carbonyl (C=O) groups excluding carboxylic acids is 2. The molecule has 3 amide bonds. The van der Waals surface area contributed by atoms with Crippen molar-refractivity contribution in [2.24, 2.45) is 13.0 Å². The number of anilines is 1. The van der Waals surface area contributed by atoms with Crippen molar-refractivity contribution in [3.63, 3.8) is 0 Å². The van der Waals surface area contributed by atoms with Gasteiger partial charge >= 0.3 is 6.09 Å². The van der Waals surface area contributed by atoms with Crippen molar-refractivity contribution in [3.8, 4) is 11.5 Å². The van der Waals surface area contributed by atoms with E-state index >= 15 is 0 Å². The first-order valence-corrected chi connectivity index (χ1v) is 14.9. The minimum Gasteiger partial charge on any atom is -0.465 e. The van der Waals surface area contributed by atoms with E-state index in [2.05, 4.69) is 26.3 Å².